The van der Waals surface area contributed by atoms with Crippen molar-refractivity contribution in [1.82, 2.24) is 5.32 Å². The molecule has 0 bridgehead atoms. The van der Waals surface area contributed by atoms with Crippen molar-refractivity contribution in [2.45, 2.75) is 306 Å². The van der Waals surface area contributed by atoms with Crippen LogP contribution in [0.15, 0.2) is 24.3 Å². The number of carbonyl (C=O) groups is 1. The zero-order valence-corrected chi connectivity index (χ0v) is 44.0. The van der Waals surface area contributed by atoms with E-state index in [2.05, 4.69) is 31.3 Å². The molecule has 0 aromatic carbocycles. The van der Waals surface area contributed by atoms with Crippen molar-refractivity contribution < 1.29 is 64.6 Å². The van der Waals surface area contributed by atoms with Gasteiger partial charge in [0.05, 0.1) is 32.0 Å². The van der Waals surface area contributed by atoms with E-state index in [1.165, 1.54) is 167 Å². The SMILES string of the molecule is CCCCCCCCCCCCCCCCCCCCCC/C=C/CC/C=C/C(O)C(COC1OC(CO)C(OC2OC(CO)C(O)C(O)C2O)C(O)C1O)NC(=O)CCCCCCCCCCCC. The molecule has 12 unspecified atom stereocenters. The van der Waals surface area contributed by atoms with E-state index in [1.54, 1.807) is 6.08 Å². The lowest BCUT2D eigenvalue weighted by Gasteiger charge is -2.46. The van der Waals surface area contributed by atoms with Gasteiger partial charge in [0.25, 0.3) is 0 Å². The Labute approximate surface area is 424 Å². The summed E-state index contributed by atoms with van der Waals surface area (Å²) in [6.07, 6.45) is 32.5. The maximum atomic E-state index is 13.1. The van der Waals surface area contributed by atoms with Crippen molar-refractivity contribution in [2.75, 3.05) is 19.8 Å². The normalized spacial score (nSPS) is 26.1. The molecule has 70 heavy (non-hydrogen) atoms. The van der Waals surface area contributed by atoms with Gasteiger partial charge < -0.3 is 65.1 Å². The first-order chi connectivity index (χ1) is 34.1. The molecule has 0 spiro atoms. The van der Waals surface area contributed by atoms with Crippen molar-refractivity contribution in [1.29, 1.82) is 0 Å². The van der Waals surface area contributed by atoms with Gasteiger partial charge in [-0.25, -0.2) is 0 Å². The van der Waals surface area contributed by atoms with Crippen molar-refractivity contribution in [2.24, 2.45) is 0 Å². The van der Waals surface area contributed by atoms with Gasteiger partial charge in [0.2, 0.25) is 5.91 Å². The van der Waals surface area contributed by atoms with Crippen LogP contribution in [0, 0.1) is 0 Å². The number of hydrogen-bond acceptors (Lipinski definition) is 13. The molecule has 0 saturated carbocycles. The number of hydrogen-bond donors (Lipinski definition) is 9. The fourth-order valence-corrected chi connectivity index (χ4v) is 9.48. The molecule has 0 radical (unpaired) electrons. The third kappa shape index (κ3) is 28.8. The summed E-state index contributed by atoms with van der Waals surface area (Å²) in [5.41, 5.74) is 0. The van der Waals surface area contributed by atoms with Gasteiger partial charge in [-0.1, -0.05) is 218 Å². The van der Waals surface area contributed by atoms with Crippen LogP contribution in [0.1, 0.15) is 232 Å². The summed E-state index contributed by atoms with van der Waals surface area (Å²) in [6.45, 7) is 2.77. The van der Waals surface area contributed by atoms with Gasteiger partial charge in [-0.2, -0.15) is 0 Å². The van der Waals surface area contributed by atoms with Gasteiger partial charge in [-0.15, -0.1) is 0 Å². The molecular weight excluding hydrogens is 895 g/mol. The predicted molar refractivity (Wildman–Crippen MR) is 277 cm³/mol. The first kappa shape index (κ1) is 64.6. The van der Waals surface area contributed by atoms with Crippen LogP contribution in [0.4, 0.5) is 0 Å². The van der Waals surface area contributed by atoms with Crippen LogP contribution in [-0.4, -0.2) is 140 Å². The number of aliphatic hydroxyl groups excluding tert-OH is 8. The predicted octanol–water partition coefficient (Wildman–Crippen LogP) is 8.89. The molecular formula is C56H105NO13. The second-order valence-corrected chi connectivity index (χ2v) is 20.4. The number of unbranched alkanes of at least 4 members (excludes halogenated alkanes) is 30. The molecule has 14 heteroatoms. The average Bonchev–Trinajstić information content (AvgIpc) is 3.36. The quantitative estimate of drug-likeness (QED) is 0.0205. The molecule has 2 fully saturated rings. The van der Waals surface area contributed by atoms with Crippen molar-refractivity contribution in [3.63, 3.8) is 0 Å². The molecule has 14 nitrogen and oxygen atoms in total. The lowest BCUT2D eigenvalue weighted by Crippen LogP contribution is -2.65. The Bertz CT molecular complexity index is 1270. The lowest BCUT2D eigenvalue weighted by atomic mass is 9.97. The summed E-state index contributed by atoms with van der Waals surface area (Å²) in [6, 6.07) is -0.926. The largest absolute Gasteiger partial charge is 0.394 e. The first-order valence-electron chi connectivity index (χ1n) is 28.6. The fraction of sp³-hybridized carbons (Fsp3) is 0.911. The Kier molecular flexibility index (Phi) is 39.5. The molecule has 12 atom stereocenters. The summed E-state index contributed by atoms with van der Waals surface area (Å²) < 4.78 is 22.7. The van der Waals surface area contributed by atoms with Gasteiger partial charge in [-0.3, -0.25) is 4.79 Å². The number of ether oxygens (including phenoxy) is 4. The monoisotopic (exact) mass is 1000 g/mol. The lowest BCUT2D eigenvalue weighted by molar-refractivity contribution is -0.359. The molecule has 2 aliphatic heterocycles. The van der Waals surface area contributed by atoms with E-state index >= 15 is 0 Å². The third-order valence-electron chi connectivity index (χ3n) is 14.1. The average molecular weight is 1000 g/mol. The van der Waals surface area contributed by atoms with E-state index in [0.29, 0.717) is 12.8 Å². The van der Waals surface area contributed by atoms with Gasteiger partial charge in [0.1, 0.15) is 48.8 Å². The molecule has 2 aliphatic rings. The van der Waals surface area contributed by atoms with Crippen LogP contribution in [0.5, 0.6) is 0 Å². The molecule has 2 heterocycles. The Morgan fingerprint density at radius 1 is 0.500 bits per heavy atom. The van der Waals surface area contributed by atoms with Gasteiger partial charge in [-0.05, 0) is 32.1 Å². The van der Waals surface area contributed by atoms with E-state index in [-0.39, 0.29) is 18.9 Å². The highest BCUT2D eigenvalue weighted by Gasteiger charge is 2.51. The van der Waals surface area contributed by atoms with Crippen LogP contribution in [-0.2, 0) is 23.7 Å². The Morgan fingerprint density at radius 3 is 1.40 bits per heavy atom. The summed E-state index contributed by atoms with van der Waals surface area (Å²) in [4.78, 5) is 13.1. The molecule has 1 amide bonds. The van der Waals surface area contributed by atoms with Gasteiger partial charge in [0.15, 0.2) is 12.6 Å². The zero-order chi connectivity index (χ0) is 51.0. The molecule has 412 valence electrons. The smallest absolute Gasteiger partial charge is 0.220 e. The van der Waals surface area contributed by atoms with E-state index in [9.17, 15) is 45.6 Å². The molecule has 2 saturated heterocycles. The summed E-state index contributed by atoms with van der Waals surface area (Å²) in [7, 11) is 0. The topological polar surface area (TPSA) is 228 Å². The van der Waals surface area contributed by atoms with Crippen LogP contribution in [0.3, 0.4) is 0 Å². The van der Waals surface area contributed by atoms with Crippen molar-refractivity contribution in [3.05, 3.63) is 24.3 Å². The van der Waals surface area contributed by atoms with Crippen LogP contribution in [0.25, 0.3) is 0 Å². The van der Waals surface area contributed by atoms with E-state index in [0.717, 1.165) is 32.1 Å². The maximum absolute atomic E-state index is 13.1. The van der Waals surface area contributed by atoms with Gasteiger partial charge >= 0.3 is 0 Å². The maximum Gasteiger partial charge on any atom is 0.220 e. The second-order valence-electron chi connectivity index (χ2n) is 20.4. The second kappa shape index (κ2) is 42.8. The Balaban J connectivity index is 1.74. The minimum Gasteiger partial charge on any atom is -0.394 e. The molecule has 2 rings (SSSR count). The number of amides is 1. The standard InChI is InChI=1S/C56H105NO13/c1-3-5-7-9-11-13-15-16-17-18-19-20-21-22-23-24-25-26-27-28-29-30-31-33-35-37-39-45(60)44(57-48(61)40-38-36-34-32-14-12-10-8-6-4-2)43-67-55-53(66)51(64)54(47(42-59)69-55)70-56-52(65)50(63)49(62)46(41-58)68-56/h30-31,37,39,44-47,49-56,58-60,62-66H,3-29,32-36,38,40-43H2,1-2H3,(H,57,61)/b31-30+,39-37+. The number of rotatable bonds is 45. The summed E-state index contributed by atoms with van der Waals surface area (Å²) in [5.74, 6) is -0.250. The molecule has 0 aliphatic carbocycles. The summed E-state index contributed by atoms with van der Waals surface area (Å²) >= 11 is 0. The molecule has 9 N–H and O–H groups in total. The number of nitrogens with one attached hydrogen (secondary N) is 1. The van der Waals surface area contributed by atoms with Gasteiger partial charge in [0, 0.05) is 6.42 Å². The fourth-order valence-electron chi connectivity index (χ4n) is 9.48. The number of allylic oxidation sites excluding steroid dienone is 3. The van der Waals surface area contributed by atoms with Crippen LogP contribution < -0.4 is 5.32 Å². The Morgan fingerprint density at radius 2 is 0.914 bits per heavy atom. The third-order valence-corrected chi connectivity index (χ3v) is 14.1. The minimum atomic E-state index is -1.79. The van der Waals surface area contributed by atoms with Crippen LogP contribution in [0.2, 0.25) is 0 Å². The molecule has 0 aromatic rings. The highest BCUT2D eigenvalue weighted by molar-refractivity contribution is 5.76. The van der Waals surface area contributed by atoms with Crippen molar-refractivity contribution in [3.8, 4) is 0 Å². The molecule has 0 aromatic heterocycles. The zero-order valence-electron chi connectivity index (χ0n) is 44.0. The minimum absolute atomic E-state index is 0.250. The Hall–Kier alpha value is -1.53. The van der Waals surface area contributed by atoms with E-state index < -0.39 is 86.8 Å². The van der Waals surface area contributed by atoms with E-state index in [4.69, 9.17) is 18.9 Å². The first-order valence-corrected chi connectivity index (χ1v) is 28.6. The number of carbonyl (C=O) groups excluding carboxylic acids is 1. The van der Waals surface area contributed by atoms with E-state index in [1.807, 2.05) is 6.08 Å². The highest BCUT2D eigenvalue weighted by atomic mass is 16.7. The highest BCUT2D eigenvalue weighted by Crippen LogP contribution is 2.30. The van der Waals surface area contributed by atoms with Crippen LogP contribution >= 0.6 is 0 Å². The number of aliphatic hydroxyl groups is 8. The summed E-state index contributed by atoms with van der Waals surface area (Å²) in [5, 5.41) is 86.8. The van der Waals surface area contributed by atoms with Crippen molar-refractivity contribution >= 4 is 5.91 Å².